The largest absolute Gasteiger partial charge is 0.469 e. The fourth-order valence-electron chi connectivity index (χ4n) is 1.12. The molecule has 1 rings (SSSR count). The Morgan fingerprint density at radius 2 is 2.50 bits per heavy atom. The van der Waals surface area contributed by atoms with Crippen molar-refractivity contribution < 1.29 is 4.74 Å². The predicted molar refractivity (Wildman–Crippen MR) is 44.9 cm³/mol. The van der Waals surface area contributed by atoms with Crippen LogP contribution in [0.2, 0.25) is 0 Å². The topological polar surface area (TPSA) is 21.3 Å². The number of nitrogens with one attached hydrogen (secondary N) is 1. The maximum Gasteiger partial charge on any atom is 0.257 e. The second-order valence-corrected chi connectivity index (χ2v) is 3.44. The van der Waals surface area contributed by atoms with Crippen molar-refractivity contribution in [3.8, 4) is 0 Å². The zero-order valence-corrected chi connectivity index (χ0v) is 7.20. The smallest absolute Gasteiger partial charge is 0.257 e. The van der Waals surface area contributed by atoms with Crippen molar-refractivity contribution in [1.82, 2.24) is 5.32 Å². The number of hydrogen-bond acceptors (Lipinski definition) is 2. The average molecular weight is 159 g/mol. The van der Waals surface area contributed by atoms with Crippen LogP contribution in [0.25, 0.3) is 0 Å². The standard InChI is InChI=1S/C7H13NOS/c1-5(2)3-6-4-9-7(10)8-6/h5-6H,3-4H2,1-2H3,(H,8,10). The quantitative estimate of drug-likeness (QED) is 0.614. The van der Waals surface area contributed by atoms with Crippen LogP contribution < -0.4 is 5.32 Å². The second-order valence-electron chi connectivity index (χ2n) is 3.07. The average Bonchev–Trinajstić information content (AvgIpc) is 2.13. The Hall–Kier alpha value is -0.310. The molecule has 10 heavy (non-hydrogen) atoms. The number of hydrogen-bond donors (Lipinski definition) is 1. The Kier molecular flexibility index (Phi) is 2.49. The van der Waals surface area contributed by atoms with Gasteiger partial charge >= 0.3 is 0 Å². The molecule has 0 aromatic heterocycles. The number of ether oxygens (including phenoxy) is 1. The maximum absolute atomic E-state index is 5.09. The lowest BCUT2D eigenvalue weighted by molar-refractivity contribution is 0.314. The van der Waals surface area contributed by atoms with Gasteiger partial charge in [0.05, 0.1) is 6.04 Å². The van der Waals surface area contributed by atoms with Crippen LogP contribution in [0.15, 0.2) is 0 Å². The predicted octanol–water partition coefficient (Wildman–Crippen LogP) is 1.31. The lowest BCUT2D eigenvalue weighted by atomic mass is 10.1. The van der Waals surface area contributed by atoms with Crippen LogP contribution in [0.3, 0.4) is 0 Å². The molecule has 1 fully saturated rings. The Labute approximate surface area is 66.9 Å². The van der Waals surface area contributed by atoms with E-state index in [4.69, 9.17) is 17.0 Å². The Morgan fingerprint density at radius 1 is 1.80 bits per heavy atom. The number of rotatable bonds is 2. The highest BCUT2D eigenvalue weighted by molar-refractivity contribution is 7.80. The molecule has 1 heterocycles. The molecular formula is C7H13NOS. The van der Waals surface area contributed by atoms with E-state index in [0.717, 1.165) is 13.0 Å². The van der Waals surface area contributed by atoms with Gasteiger partial charge < -0.3 is 10.1 Å². The van der Waals surface area contributed by atoms with E-state index in [2.05, 4.69) is 19.2 Å². The highest BCUT2D eigenvalue weighted by atomic mass is 32.1. The van der Waals surface area contributed by atoms with Crippen molar-refractivity contribution in [1.29, 1.82) is 0 Å². The normalized spacial score (nSPS) is 24.7. The molecule has 0 aromatic carbocycles. The van der Waals surface area contributed by atoms with Crippen molar-refractivity contribution in [3.05, 3.63) is 0 Å². The zero-order valence-electron chi connectivity index (χ0n) is 6.39. The Balaban J connectivity index is 2.24. The van der Waals surface area contributed by atoms with E-state index in [-0.39, 0.29) is 0 Å². The highest BCUT2D eigenvalue weighted by Gasteiger charge is 2.19. The minimum atomic E-state index is 0.451. The Morgan fingerprint density at radius 3 is 2.90 bits per heavy atom. The molecule has 0 bridgehead atoms. The first-order valence-electron chi connectivity index (χ1n) is 3.62. The molecule has 1 saturated heterocycles. The van der Waals surface area contributed by atoms with Gasteiger partial charge in [0.1, 0.15) is 6.61 Å². The SMILES string of the molecule is CC(C)CC1COC(=S)N1. The molecule has 0 saturated carbocycles. The minimum Gasteiger partial charge on any atom is -0.469 e. The van der Waals surface area contributed by atoms with Crippen molar-refractivity contribution in [2.45, 2.75) is 26.3 Å². The van der Waals surface area contributed by atoms with Gasteiger partial charge in [-0.05, 0) is 24.6 Å². The van der Waals surface area contributed by atoms with Gasteiger partial charge in [0.2, 0.25) is 0 Å². The summed E-state index contributed by atoms with van der Waals surface area (Å²) in [5.74, 6) is 0.710. The molecule has 2 nitrogen and oxygen atoms in total. The van der Waals surface area contributed by atoms with E-state index in [0.29, 0.717) is 17.1 Å². The fraction of sp³-hybridized carbons (Fsp3) is 0.857. The summed E-state index contributed by atoms with van der Waals surface area (Å²) in [6, 6.07) is 0.451. The molecule has 0 spiro atoms. The van der Waals surface area contributed by atoms with Crippen LogP contribution in [-0.2, 0) is 4.74 Å². The molecule has 1 unspecified atom stereocenters. The highest BCUT2D eigenvalue weighted by Crippen LogP contribution is 2.09. The lowest BCUT2D eigenvalue weighted by Gasteiger charge is -2.09. The summed E-state index contributed by atoms with van der Waals surface area (Å²) in [7, 11) is 0. The van der Waals surface area contributed by atoms with E-state index in [1.165, 1.54) is 0 Å². The molecule has 1 atom stereocenters. The first kappa shape index (κ1) is 7.79. The summed E-state index contributed by atoms with van der Waals surface area (Å²) in [4.78, 5) is 0. The minimum absolute atomic E-state index is 0.451. The van der Waals surface area contributed by atoms with E-state index in [9.17, 15) is 0 Å². The van der Waals surface area contributed by atoms with Gasteiger partial charge in [-0.2, -0.15) is 0 Å². The first-order chi connectivity index (χ1) is 4.68. The molecule has 1 aliphatic heterocycles. The summed E-state index contributed by atoms with van der Waals surface area (Å²) >= 11 is 4.82. The van der Waals surface area contributed by atoms with Gasteiger partial charge in [-0.1, -0.05) is 13.8 Å². The summed E-state index contributed by atoms with van der Waals surface area (Å²) in [5.41, 5.74) is 0. The third-order valence-electron chi connectivity index (χ3n) is 1.49. The second kappa shape index (κ2) is 3.19. The van der Waals surface area contributed by atoms with E-state index in [1.807, 2.05) is 0 Å². The van der Waals surface area contributed by atoms with Crippen LogP contribution in [0.4, 0.5) is 0 Å². The van der Waals surface area contributed by atoms with Crippen molar-refractivity contribution in [2.24, 2.45) is 5.92 Å². The maximum atomic E-state index is 5.09. The fourth-order valence-corrected chi connectivity index (χ4v) is 1.36. The lowest BCUT2D eigenvalue weighted by Crippen LogP contribution is -2.27. The molecule has 0 radical (unpaired) electrons. The summed E-state index contributed by atoms with van der Waals surface area (Å²) in [5, 5.41) is 3.66. The van der Waals surface area contributed by atoms with Crippen LogP contribution >= 0.6 is 12.2 Å². The van der Waals surface area contributed by atoms with Crippen LogP contribution in [0, 0.1) is 5.92 Å². The monoisotopic (exact) mass is 159 g/mol. The summed E-state index contributed by atoms with van der Waals surface area (Å²) < 4.78 is 5.09. The third-order valence-corrected chi connectivity index (χ3v) is 1.73. The van der Waals surface area contributed by atoms with Crippen molar-refractivity contribution >= 4 is 17.4 Å². The molecular weight excluding hydrogens is 146 g/mol. The van der Waals surface area contributed by atoms with E-state index < -0.39 is 0 Å². The van der Waals surface area contributed by atoms with E-state index in [1.54, 1.807) is 0 Å². The third kappa shape index (κ3) is 2.14. The van der Waals surface area contributed by atoms with Crippen LogP contribution in [0.1, 0.15) is 20.3 Å². The molecule has 0 amide bonds. The molecule has 58 valence electrons. The zero-order chi connectivity index (χ0) is 7.56. The summed E-state index contributed by atoms with van der Waals surface area (Å²) in [6.07, 6.45) is 1.14. The van der Waals surface area contributed by atoms with Crippen molar-refractivity contribution in [3.63, 3.8) is 0 Å². The molecule has 0 aliphatic carbocycles. The first-order valence-corrected chi connectivity index (χ1v) is 4.02. The van der Waals surface area contributed by atoms with Gasteiger partial charge in [0, 0.05) is 0 Å². The van der Waals surface area contributed by atoms with Crippen LogP contribution in [-0.4, -0.2) is 17.8 Å². The van der Waals surface area contributed by atoms with Gasteiger partial charge in [-0.25, -0.2) is 0 Å². The van der Waals surface area contributed by atoms with Crippen molar-refractivity contribution in [2.75, 3.05) is 6.61 Å². The van der Waals surface area contributed by atoms with E-state index >= 15 is 0 Å². The van der Waals surface area contributed by atoms with Gasteiger partial charge in [-0.3, -0.25) is 0 Å². The Bertz CT molecular complexity index is 136. The molecule has 1 aliphatic rings. The van der Waals surface area contributed by atoms with Gasteiger partial charge in [-0.15, -0.1) is 0 Å². The van der Waals surface area contributed by atoms with Crippen LogP contribution in [0.5, 0.6) is 0 Å². The summed E-state index contributed by atoms with van der Waals surface area (Å²) in [6.45, 7) is 5.14. The number of thiocarbonyl (C=S) groups is 1. The molecule has 3 heteroatoms. The van der Waals surface area contributed by atoms with Gasteiger partial charge in [0.15, 0.2) is 0 Å². The van der Waals surface area contributed by atoms with Gasteiger partial charge in [0.25, 0.3) is 5.17 Å². The molecule has 0 aromatic rings. The molecule has 1 N–H and O–H groups in total.